The average Bonchev–Trinajstić information content (AvgIpc) is 3.74. The van der Waals surface area contributed by atoms with Crippen LogP contribution in [0.15, 0.2) is 48.8 Å². The molecule has 1 fully saturated rings. The van der Waals surface area contributed by atoms with E-state index in [2.05, 4.69) is 17.0 Å². The lowest BCUT2D eigenvalue weighted by Crippen LogP contribution is -2.41. The van der Waals surface area contributed by atoms with E-state index >= 15 is 0 Å². The molecule has 0 radical (unpaired) electrons. The van der Waals surface area contributed by atoms with Crippen LogP contribution < -0.4 is 5.73 Å². The molecule has 55 heavy (non-hydrogen) atoms. The minimum Gasteiger partial charge on any atom is -0.387 e. The van der Waals surface area contributed by atoms with Gasteiger partial charge in [-0.2, -0.15) is 10.4 Å². The van der Waals surface area contributed by atoms with Crippen molar-refractivity contribution in [1.82, 2.24) is 14.6 Å². The number of hydrogen-bond acceptors (Lipinski definition) is 12. The van der Waals surface area contributed by atoms with Crippen molar-refractivity contribution in [2.24, 2.45) is 0 Å². The van der Waals surface area contributed by atoms with E-state index in [1.54, 1.807) is 6.07 Å². The van der Waals surface area contributed by atoms with Gasteiger partial charge in [0.05, 0.1) is 32.1 Å². The maximum atomic E-state index is 13.0. The van der Waals surface area contributed by atoms with Crippen molar-refractivity contribution in [1.29, 1.82) is 5.26 Å². The highest BCUT2D eigenvalue weighted by Crippen LogP contribution is 2.46. The van der Waals surface area contributed by atoms with Crippen LogP contribution in [0.25, 0.3) is 5.52 Å². The summed E-state index contributed by atoms with van der Waals surface area (Å²) in [6, 6.07) is 14.5. The highest BCUT2D eigenvalue weighted by molar-refractivity contribution is 7.47. The van der Waals surface area contributed by atoms with E-state index in [9.17, 15) is 24.9 Å². The van der Waals surface area contributed by atoms with Crippen molar-refractivity contribution in [3.8, 4) is 6.07 Å². The maximum absolute atomic E-state index is 13.0. The van der Waals surface area contributed by atoms with Crippen LogP contribution in [0, 0.1) is 11.3 Å². The lowest BCUT2D eigenvalue weighted by Gasteiger charge is -2.24. The van der Waals surface area contributed by atoms with Gasteiger partial charge in [-0.1, -0.05) is 134 Å². The number of nitriles is 1. The van der Waals surface area contributed by atoms with Crippen LogP contribution >= 0.6 is 7.82 Å². The van der Waals surface area contributed by atoms with Crippen LogP contribution in [0.4, 0.5) is 5.82 Å². The minimum atomic E-state index is -4.71. The van der Waals surface area contributed by atoms with Crippen LogP contribution in [-0.2, 0) is 40.0 Å². The lowest BCUT2D eigenvalue weighted by atomic mass is 9.92. The summed E-state index contributed by atoms with van der Waals surface area (Å²) < 4.78 is 42.5. The number of aliphatic hydroxyl groups excluding tert-OH is 2. The molecular formula is C40H62N5O9P. The molecule has 1 aliphatic heterocycles. The van der Waals surface area contributed by atoms with Gasteiger partial charge in [-0.15, -0.1) is 0 Å². The zero-order valence-corrected chi connectivity index (χ0v) is 33.3. The lowest BCUT2D eigenvalue weighted by molar-refractivity contribution is -0.0690. The highest BCUT2D eigenvalue weighted by Gasteiger charge is 2.58. The molecule has 1 aliphatic rings. The second-order valence-electron chi connectivity index (χ2n) is 14.5. The van der Waals surface area contributed by atoms with Gasteiger partial charge in [0.15, 0.2) is 5.82 Å². The van der Waals surface area contributed by atoms with E-state index in [1.165, 1.54) is 107 Å². The SMILES string of the molecule is CCCCCCCCCCCCCCCCCCOCC(COP(=O)(O)OCC1OC(C#N)(c2ccc3c(N)ncnn23)C(O)C1O)OCc1ccccc1. The summed E-state index contributed by atoms with van der Waals surface area (Å²) >= 11 is 0. The molecule has 5 N–H and O–H groups in total. The fourth-order valence-electron chi connectivity index (χ4n) is 6.83. The van der Waals surface area contributed by atoms with Gasteiger partial charge in [0, 0.05) is 6.61 Å². The summed E-state index contributed by atoms with van der Waals surface area (Å²) in [5, 5.41) is 36.0. The number of phosphoric acid groups is 1. The van der Waals surface area contributed by atoms with Crippen molar-refractivity contribution in [3.63, 3.8) is 0 Å². The van der Waals surface area contributed by atoms with Gasteiger partial charge in [-0.25, -0.2) is 14.1 Å². The van der Waals surface area contributed by atoms with E-state index < -0.39 is 44.4 Å². The average molecular weight is 788 g/mol. The second kappa shape index (κ2) is 24.0. The normalized spacial score (nSPS) is 21.5. The van der Waals surface area contributed by atoms with Crippen molar-refractivity contribution in [2.75, 3.05) is 32.2 Å². The summed E-state index contributed by atoms with van der Waals surface area (Å²) in [7, 11) is -4.71. The Kier molecular flexibility index (Phi) is 19.5. The van der Waals surface area contributed by atoms with E-state index in [0.29, 0.717) is 12.1 Å². The summed E-state index contributed by atoms with van der Waals surface area (Å²) in [5.74, 6) is 0.136. The van der Waals surface area contributed by atoms with Gasteiger partial charge < -0.3 is 35.1 Å². The van der Waals surface area contributed by atoms with Gasteiger partial charge in [-0.05, 0) is 24.1 Å². The van der Waals surface area contributed by atoms with Crippen molar-refractivity contribution >= 4 is 19.2 Å². The first-order valence-electron chi connectivity index (χ1n) is 20.1. The molecule has 6 atom stereocenters. The quantitative estimate of drug-likeness (QED) is 0.0408. The molecule has 0 spiro atoms. The van der Waals surface area contributed by atoms with E-state index in [-0.39, 0.29) is 31.3 Å². The Morgan fingerprint density at radius 2 is 1.53 bits per heavy atom. The summed E-state index contributed by atoms with van der Waals surface area (Å²) in [6.07, 6.45) is 16.4. The number of hydrogen-bond donors (Lipinski definition) is 4. The Morgan fingerprint density at radius 3 is 2.15 bits per heavy atom. The molecule has 4 rings (SSSR count). The summed E-state index contributed by atoms with van der Waals surface area (Å²) in [4.78, 5) is 14.5. The molecule has 0 aliphatic carbocycles. The Balaban J connectivity index is 1.15. The standard InChI is InChI=1S/C40H62N5O9P/c1-2-3-4-5-6-7-8-9-10-11-12-13-14-15-16-20-25-50-27-33(51-26-32-21-18-17-19-22-32)28-52-55(48,49)53-29-35-37(46)38(47)40(30-41,54-35)36-24-23-34-39(42)43-31-44-45(34)36/h17-19,21-24,31,33,35,37-38,46-47H,2-16,20,25-29H2,1H3,(H,48,49)(H2,42,43,44). The Hall–Kier alpha value is -2.96. The maximum Gasteiger partial charge on any atom is 0.472 e. The number of fused-ring (bicyclic) bond motifs is 1. The predicted octanol–water partition coefficient (Wildman–Crippen LogP) is 7.15. The van der Waals surface area contributed by atoms with E-state index in [1.807, 2.05) is 36.4 Å². The number of anilines is 1. The topological polar surface area (TPSA) is 204 Å². The van der Waals surface area contributed by atoms with Crippen LogP contribution in [0.5, 0.6) is 0 Å². The molecule has 3 heterocycles. The number of rotatable bonds is 29. The van der Waals surface area contributed by atoms with Crippen molar-refractivity contribution in [2.45, 2.75) is 146 Å². The van der Waals surface area contributed by atoms with E-state index in [4.69, 9.17) is 29.0 Å². The fraction of sp³-hybridized carbons (Fsp3) is 0.675. The third-order valence-corrected chi connectivity index (χ3v) is 11.0. The third kappa shape index (κ3) is 14.2. The largest absolute Gasteiger partial charge is 0.472 e. The molecule has 0 amide bonds. The minimum absolute atomic E-state index is 0.0922. The van der Waals surface area contributed by atoms with Gasteiger partial charge in [0.2, 0.25) is 5.60 Å². The van der Waals surface area contributed by atoms with Gasteiger partial charge in [-0.3, -0.25) is 9.05 Å². The number of unbranched alkanes of at least 4 members (excludes halogenated alkanes) is 15. The monoisotopic (exact) mass is 787 g/mol. The third-order valence-electron chi connectivity index (χ3n) is 10.1. The summed E-state index contributed by atoms with van der Waals surface area (Å²) in [6.45, 7) is 2.21. The molecular weight excluding hydrogens is 725 g/mol. The highest BCUT2D eigenvalue weighted by atomic mass is 31.2. The number of benzene rings is 1. The number of aromatic nitrogens is 3. The van der Waals surface area contributed by atoms with Crippen LogP contribution in [0.2, 0.25) is 0 Å². The van der Waals surface area contributed by atoms with Crippen LogP contribution in [0.3, 0.4) is 0 Å². The number of nitrogens with two attached hydrogens (primary N) is 1. The summed E-state index contributed by atoms with van der Waals surface area (Å²) in [5.41, 5.74) is 5.21. The Bertz CT molecular complexity index is 1610. The molecule has 1 saturated heterocycles. The Labute approximate surface area is 325 Å². The van der Waals surface area contributed by atoms with E-state index in [0.717, 1.165) is 18.4 Å². The molecule has 2 aromatic heterocycles. The molecule has 15 heteroatoms. The zero-order chi connectivity index (χ0) is 39.4. The van der Waals surface area contributed by atoms with Crippen LogP contribution in [0.1, 0.15) is 121 Å². The Morgan fingerprint density at radius 1 is 0.909 bits per heavy atom. The van der Waals surface area contributed by atoms with Gasteiger partial charge in [0.25, 0.3) is 0 Å². The number of nitrogens with zero attached hydrogens (tertiary/aromatic N) is 4. The first kappa shape index (κ1) is 44.8. The fourth-order valence-corrected chi connectivity index (χ4v) is 7.60. The molecule has 0 bridgehead atoms. The first-order chi connectivity index (χ1) is 26.7. The van der Waals surface area contributed by atoms with Gasteiger partial charge >= 0.3 is 7.82 Å². The molecule has 6 unspecified atom stereocenters. The number of aliphatic hydroxyl groups is 2. The van der Waals surface area contributed by atoms with Gasteiger partial charge in [0.1, 0.15) is 42.3 Å². The van der Waals surface area contributed by atoms with Crippen molar-refractivity contribution < 1.29 is 42.9 Å². The molecule has 1 aromatic carbocycles. The molecule has 0 saturated carbocycles. The molecule has 306 valence electrons. The van der Waals surface area contributed by atoms with Crippen molar-refractivity contribution in [3.05, 3.63) is 60.0 Å². The number of phosphoric ester groups is 1. The second-order valence-corrected chi connectivity index (χ2v) is 15.9. The van der Waals surface area contributed by atoms with Crippen LogP contribution in [-0.4, -0.2) is 80.5 Å². The smallest absolute Gasteiger partial charge is 0.387 e. The molecule has 3 aromatic rings. The number of nitrogen functional groups attached to an aromatic ring is 1. The zero-order valence-electron chi connectivity index (χ0n) is 32.4. The number of ether oxygens (including phenoxy) is 3. The molecule has 14 nitrogen and oxygen atoms in total. The predicted molar refractivity (Wildman–Crippen MR) is 209 cm³/mol. The first-order valence-corrected chi connectivity index (χ1v) is 21.6.